The van der Waals surface area contributed by atoms with E-state index in [4.69, 9.17) is 9.15 Å². The van der Waals surface area contributed by atoms with Crippen molar-refractivity contribution in [1.29, 1.82) is 0 Å². The first-order chi connectivity index (χ1) is 10.1. The van der Waals surface area contributed by atoms with Crippen molar-refractivity contribution in [3.63, 3.8) is 0 Å². The summed E-state index contributed by atoms with van der Waals surface area (Å²) < 4.78 is 11.8. The van der Waals surface area contributed by atoms with E-state index in [2.05, 4.69) is 15.9 Å². The highest BCUT2D eigenvalue weighted by atomic mass is 79.9. The van der Waals surface area contributed by atoms with E-state index in [0.717, 1.165) is 21.2 Å². The predicted octanol–water partition coefficient (Wildman–Crippen LogP) is 4.74. The van der Waals surface area contributed by atoms with Crippen molar-refractivity contribution in [1.82, 2.24) is 0 Å². The van der Waals surface area contributed by atoms with Gasteiger partial charge in [-0.25, -0.2) is 0 Å². The van der Waals surface area contributed by atoms with Gasteiger partial charge in [0.15, 0.2) is 5.76 Å². The normalized spacial score (nSPS) is 10.8. The maximum absolute atomic E-state index is 12.6. The molecule has 1 heterocycles. The molecular weight excluding hydrogens is 332 g/mol. The summed E-state index contributed by atoms with van der Waals surface area (Å²) in [5.74, 6) is 0.979. The molecule has 3 nitrogen and oxygen atoms in total. The first kappa shape index (κ1) is 13.9. The number of rotatable bonds is 3. The third-order valence-electron chi connectivity index (χ3n) is 3.46. The van der Waals surface area contributed by atoms with Crippen molar-refractivity contribution in [3.05, 3.63) is 63.8 Å². The van der Waals surface area contributed by atoms with Gasteiger partial charge in [0.1, 0.15) is 11.3 Å². The first-order valence-electron chi connectivity index (χ1n) is 6.47. The van der Waals surface area contributed by atoms with Crippen LogP contribution >= 0.6 is 15.9 Å². The Morgan fingerprint density at radius 3 is 2.52 bits per heavy atom. The molecule has 106 valence electrons. The van der Waals surface area contributed by atoms with Gasteiger partial charge < -0.3 is 9.15 Å². The molecule has 0 aliphatic carbocycles. The Bertz CT molecular complexity index is 816. The average Bonchev–Trinajstić information content (AvgIpc) is 2.83. The van der Waals surface area contributed by atoms with Crippen molar-refractivity contribution in [2.24, 2.45) is 0 Å². The molecule has 4 heteroatoms. The van der Waals surface area contributed by atoms with Crippen LogP contribution < -0.4 is 4.74 Å². The number of fused-ring (bicyclic) bond motifs is 1. The van der Waals surface area contributed by atoms with Crippen LogP contribution in [-0.4, -0.2) is 12.9 Å². The number of carbonyl (C=O) groups is 1. The van der Waals surface area contributed by atoms with Gasteiger partial charge in [0, 0.05) is 21.0 Å². The number of benzene rings is 2. The molecule has 1 aromatic heterocycles. The lowest BCUT2D eigenvalue weighted by molar-refractivity contribution is 0.101. The van der Waals surface area contributed by atoms with Crippen LogP contribution in [0.1, 0.15) is 21.7 Å². The fraction of sp³-hybridized carbons (Fsp3) is 0.118. The van der Waals surface area contributed by atoms with Gasteiger partial charge in [-0.2, -0.15) is 0 Å². The highest BCUT2D eigenvalue weighted by Gasteiger charge is 2.19. The van der Waals surface area contributed by atoms with E-state index in [1.807, 2.05) is 25.1 Å². The Morgan fingerprint density at radius 1 is 1.14 bits per heavy atom. The maximum Gasteiger partial charge on any atom is 0.228 e. The van der Waals surface area contributed by atoms with E-state index in [1.54, 1.807) is 31.4 Å². The van der Waals surface area contributed by atoms with Crippen LogP contribution in [0.3, 0.4) is 0 Å². The number of halogens is 1. The Kier molecular flexibility index (Phi) is 3.55. The van der Waals surface area contributed by atoms with Crippen LogP contribution in [0.2, 0.25) is 0 Å². The number of methoxy groups -OCH3 is 1. The topological polar surface area (TPSA) is 39.4 Å². The largest absolute Gasteiger partial charge is 0.497 e. The van der Waals surface area contributed by atoms with Crippen LogP contribution in [-0.2, 0) is 0 Å². The van der Waals surface area contributed by atoms with E-state index in [-0.39, 0.29) is 5.78 Å². The maximum atomic E-state index is 12.6. The van der Waals surface area contributed by atoms with Crippen LogP contribution in [0.4, 0.5) is 0 Å². The zero-order valence-corrected chi connectivity index (χ0v) is 13.2. The standard InChI is InChI=1S/C17H13BrO3/c1-10-14-8-5-12(18)9-15(14)21-17(10)16(19)11-3-6-13(20-2)7-4-11/h3-9H,1-2H3. The molecule has 0 fully saturated rings. The molecule has 0 aliphatic heterocycles. The molecule has 0 bridgehead atoms. The molecule has 0 atom stereocenters. The quantitative estimate of drug-likeness (QED) is 0.644. The average molecular weight is 345 g/mol. The highest BCUT2D eigenvalue weighted by molar-refractivity contribution is 9.10. The van der Waals surface area contributed by atoms with Gasteiger partial charge in [0.05, 0.1) is 7.11 Å². The molecule has 0 amide bonds. The monoisotopic (exact) mass is 344 g/mol. The summed E-state index contributed by atoms with van der Waals surface area (Å²) in [6.45, 7) is 1.90. The Balaban J connectivity index is 2.06. The molecule has 0 unspecified atom stereocenters. The SMILES string of the molecule is COc1ccc(C(=O)c2oc3cc(Br)ccc3c2C)cc1. The van der Waals surface area contributed by atoms with E-state index in [0.29, 0.717) is 16.9 Å². The number of ketones is 1. The number of ether oxygens (including phenoxy) is 1. The van der Waals surface area contributed by atoms with Crippen molar-refractivity contribution < 1.29 is 13.9 Å². The van der Waals surface area contributed by atoms with E-state index in [1.165, 1.54) is 0 Å². The van der Waals surface area contributed by atoms with Crippen molar-refractivity contribution in [3.8, 4) is 5.75 Å². The molecule has 0 saturated carbocycles. The van der Waals surface area contributed by atoms with Gasteiger partial charge in [0.2, 0.25) is 5.78 Å². The lowest BCUT2D eigenvalue weighted by Gasteiger charge is -2.01. The van der Waals surface area contributed by atoms with Crippen molar-refractivity contribution in [2.75, 3.05) is 7.11 Å². The van der Waals surface area contributed by atoms with Crippen LogP contribution in [0.15, 0.2) is 51.4 Å². The molecule has 0 radical (unpaired) electrons. The van der Waals surface area contributed by atoms with Crippen molar-refractivity contribution in [2.45, 2.75) is 6.92 Å². The molecule has 21 heavy (non-hydrogen) atoms. The van der Waals surface area contributed by atoms with Gasteiger partial charge in [-0.15, -0.1) is 0 Å². The fourth-order valence-electron chi connectivity index (χ4n) is 2.29. The minimum Gasteiger partial charge on any atom is -0.497 e. The summed E-state index contributed by atoms with van der Waals surface area (Å²) in [5.41, 5.74) is 2.15. The smallest absolute Gasteiger partial charge is 0.228 e. The van der Waals surface area contributed by atoms with Crippen LogP contribution in [0, 0.1) is 6.92 Å². The lowest BCUT2D eigenvalue weighted by atomic mass is 10.0. The first-order valence-corrected chi connectivity index (χ1v) is 7.27. The van der Waals surface area contributed by atoms with Gasteiger partial charge >= 0.3 is 0 Å². The molecule has 3 aromatic rings. The van der Waals surface area contributed by atoms with Crippen LogP contribution in [0.25, 0.3) is 11.0 Å². The molecule has 0 N–H and O–H groups in total. The molecule has 3 rings (SSSR count). The van der Waals surface area contributed by atoms with Gasteiger partial charge in [-0.3, -0.25) is 4.79 Å². The van der Waals surface area contributed by atoms with Crippen molar-refractivity contribution >= 4 is 32.7 Å². The van der Waals surface area contributed by atoms with Crippen LogP contribution in [0.5, 0.6) is 5.75 Å². The third-order valence-corrected chi connectivity index (χ3v) is 3.95. The molecular formula is C17H13BrO3. The summed E-state index contributed by atoms with van der Waals surface area (Å²) in [4.78, 5) is 12.6. The zero-order chi connectivity index (χ0) is 15.0. The fourth-order valence-corrected chi connectivity index (χ4v) is 2.63. The number of hydrogen-bond donors (Lipinski definition) is 0. The third kappa shape index (κ3) is 2.47. The number of carbonyl (C=O) groups excluding carboxylic acids is 1. The Morgan fingerprint density at radius 2 is 1.86 bits per heavy atom. The minimum atomic E-state index is -0.123. The Hall–Kier alpha value is -2.07. The second-order valence-corrected chi connectivity index (χ2v) is 5.67. The number of furan rings is 1. The second-order valence-electron chi connectivity index (χ2n) is 4.75. The second kappa shape index (κ2) is 5.37. The zero-order valence-electron chi connectivity index (χ0n) is 11.6. The van der Waals surface area contributed by atoms with Gasteiger partial charge in [-0.05, 0) is 49.4 Å². The summed E-state index contributed by atoms with van der Waals surface area (Å²) in [6, 6.07) is 12.8. The predicted molar refractivity (Wildman–Crippen MR) is 85.1 cm³/mol. The minimum absolute atomic E-state index is 0.123. The highest BCUT2D eigenvalue weighted by Crippen LogP contribution is 2.29. The van der Waals surface area contributed by atoms with Gasteiger partial charge in [-0.1, -0.05) is 15.9 Å². The lowest BCUT2D eigenvalue weighted by Crippen LogP contribution is -2.01. The van der Waals surface area contributed by atoms with E-state index < -0.39 is 0 Å². The summed E-state index contributed by atoms with van der Waals surface area (Å²) >= 11 is 3.41. The summed E-state index contributed by atoms with van der Waals surface area (Å²) in [6.07, 6.45) is 0. The number of hydrogen-bond acceptors (Lipinski definition) is 3. The molecule has 0 aliphatic rings. The summed E-state index contributed by atoms with van der Waals surface area (Å²) in [5, 5.41) is 0.954. The van der Waals surface area contributed by atoms with E-state index >= 15 is 0 Å². The Labute approximate surface area is 130 Å². The molecule has 2 aromatic carbocycles. The molecule has 0 saturated heterocycles. The summed E-state index contributed by atoms with van der Waals surface area (Å²) in [7, 11) is 1.60. The number of aryl methyl sites for hydroxylation is 1. The van der Waals surface area contributed by atoms with E-state index in [9.17, 15) is 4.79 Å². The van der Waals surface area contributed by atoms with Gasteiger partial charge in [0.25, 0.3) is 0 Å². The molecule has 0 spiro atoms.